The molecule has 1 aliphatic rings. The molecule has 0 bridgehead atoms. The van der Waals surface area contributed by atoms with E-state index in [9.17, 15) is 0 Å². The van der Waals surface area contributed by atoms with Gasteiger partial charge in [0.25, 0.3) is 0 Å². The van der Waals surface area contributed by atoms with Crippen LogP contribution in [0.5, 0.6) is 0 Å². The number of rotatable bonds is 10. The van der Waals surface area contributed by atoms with Crippen LogP contribution in [0, 0.1) is 0 Å². The third-order valence-corrected chi connectivity index (χ3v) is 3.31. The van der Waals surface area contributed by atoms with Crippen LogP contribution in [0.2, 0.25) is 0 Å². The predicted molar refractivity (Wildman–Crippen MR) is 76.8 cm³/mol. The fourth-order valence-electron chi connectivity index (χ4n) is 2.10. The Bertz CT molecular complexity index is 383. The van der Waals surface area contributed by atoms with Crippen molar-refractivity contribution >= 4 is 0 Å². The zero-order valence-electron chi connectivity index (χ0n) is 11.9. The van der Waals surface area contributed by atoms with Gasteiger partial charge in [0.1, 0.15) is 0 Å². The van der Waals surface area contributed by atoms with E-state index in [-0.39, 0.29) is 0 Å². The molecule has 0 unspecified atom stereocenters. The van der Waals surface area contributed by atoms with Crippen LogP contribution < -0.4 is 5.32 Å². The Labute approximate surface area is 115 Å². The quantitative estimate of drug-likeness (QED) is 0.649. The van der Waals surface area contributed by atoms with Crippen LogP contribution in [0.15, 0.2) is 18.9 Å². The summed E-state index contributed by atoms with van der Waals surface area (Å²) in [6.45, 7) is 10.8. The SMILES string of the molecule is C=CCN(CCC)CCn1cc(CNC2CC2)nn1. The van der Waals surface area contributed by atoms with Gasteiger partial charge in [-0.2, -0.15) is 0 Å². The maximum absolute atomic E-state index is 4.20. The summed E-state index contributed by atoms with van der Waals surface area (Å²) in [5.74, 6) is 0. The van der Waals surface area contributed by atoms with Gasteiger partial charge in [-0.3, -0.25) is 9.58 Å². The Morgan fingerprint density at radius 2 is 2.37 bits per heavy atom. The molecule has 1 N–H and O–H groups in total. The topological polar surface area (TPSA) is 46.0 Å². The first-order valence-electron chi connectivity index (χ1n) is 7.27. The molecule has 0 atom stereocenters. The zero-order valence-corrected chi connectivity index (χ0v) is 11.9. The van der Waals surface area contributed by atoms with Crippen molar-refractivity contribution in [3.63, 3.8) is 0 Å². The molecule has 1 aromatic heterocycles. The van der Waals surface area contributed by atoms with Crippen molar-refractivity contribution in [2.45, 2.75) is 45.3 Å². The molecule has 0 saturated heterocycles. The van der Waals surface area contributed by atoms with Crippen LogP contribution in [0.3, 0.4) is 0 Å². The Kier molecular flexibility index (Phi) is 5.54. The molecule has 1 heterocycles. The predicted octanol–water partition coefficient (Wildman–Crippen LogP) is 1.43. The van der Waals surface area contributed by atoms with Crippen LogP contribution in [0.1, 0.15) is 31.9 Å². The van der Waals surface area contributed by atoms with E-state index in [0.29, 0.717) is 0 Å². The molecule has 5 heteroatoms. The van der Waals surface area contributed by atoms with Crippen molar-refractivity contribution in [2.75, 3.05) is 19.6 Å². The summed E-state index contributed by atoms with van der Waals surface area (Å²) < 4.78 is 1.94. The first kappa shape index (κ1) is 14.2. The minimum absolute atomic E-state index is 0.720. The van der Waals surface area contributed by atoms with E-state index in [2.05, 4.69) is 34.0 Å². The lowest BCUT2D eigenvalue weighted by Crippen LogP contribution is -2.28. The highest BCUT2D eigenvalue weighted by molar-refractivity contribution is 4.94. The van der Waals surface area contributed by atoms with Crippen LogP contribution in [0.4, 0.5) is 0 Å². The first-order valence-corrected chi connectivity index (χ1v) is 7.27. The van der Waals surface area contributed by atoms with E-state index >= 15 is 0 Å². The fourth-order valence-corrected chi connectivity index (χ4v) is 2.10. The van der Waals surface area contributed by atoms with E-state index in [4.69, 9.17) is 0 Å². The standard InChI is InChI=1S/C14H25N5/c1-3-7-18(8-4-2)9-10-19-12-14(16-17-19)11-15-13-5-6-13/h3,12-13,15H,1,4-11H2,2H3. The molecule has 1 fully saturated rings. The molecule has 0 aliphatic heterocycles. The molecular formula is C14H25N5. The van der Waals surface area contributed by atoms with Gasteiger partial charge in [-0.05, 0) is 25.8 Å². The molecule has 106 valence electrons. The number of nitrogens with one attached hydrogen (secondary N) is 1. The summed E-state index contributed by atoms with van der Waals surface area (Å²) in [5, 5.41) is 11.8. The maximum Gasteiger partial charge on any atom is 0.0964 e. The van der Waals surface area contributed by atoms with E-state index < -0.39 is 0 Å². The van der Waals surface area contributed by atoms with Crippen LogP contribution in [-0.4, -0.2) is 45.6 Å². The van der Waals surface area contributed by atoms with Gasteiger partial charge in [0.2, 0.25) is 0 Å². The lowest BCUT2D eigenvalue weighted by atomic mass is 10.4. The Balaban J connectivity index is 1.72. The monoisotopic (exact) mass is 263 g/mol. The lowest BCUT2D eigenvalue weighted by Gasteiger charge is -2.19. The van der Waals surface area contributed by atoms with Gasteiger partial charge < -0.3 is 5.32 Å². The molecule has 0 radical (unpaired) electrons. The van der Waals surface area contributed by atoms with Gasteiger partial charge in [-0.25, -0.2) is 0 Å². The Morgan fingerprint density at radius 3 is 3.05 bits per heavy atom. The number of hydrogen-bond donors (Lipinski definition) is 1. The fraction of sp³-hybridized carbons (Fsp3) is 0.714. The average molecular weight is 263 g/mol. The normalized spacial score (nSPS) is 15.1. The highest BCUT2D eigenvalue weighted by atomic mass is 15.4. The molecule has 2 rings (SSSR count). The van der Waals surface area contributed by atoms with Crippen LogP contribution in [-0.2, 0) is 13.1 Å². The molecule has 0 aromatic carbocycles. The van der Waals surface area contributed by atoms with Crippen molar-refractivity contribution in [1.82, 2.24) is 25.2 Å². The number of hydrogen-bond acceptors (Lipinski definition) is 4. The molecule has 0 amide bonds. The van der Waals surface area contributed by atoms with Crippen molar-refractivity contribution < 1.29 is 0 Å². The van der Waals surface area contributed by atoms with Gasteiger partial charge in [0.05, 0.1) is 12.2 Å². The third-order valence-electron chi connectivity index (χ3n) is 3.31. The Hall–Kier alpha value is -1.20. The minimum Gasteiger partial charge on any atom is -0.308 e. The second kappa shape index (κ2) is 7.40. The smallest absolute Gasteiger partial charge is 0.0964 e. The second-order valence-electron chi connectivity index (χ2n) is 5.22. The molecule has 19 heavy (non-hydrogen) atoms. The van der Waals surface area contributed by atoms with E-state index in [1.54, 1.807) is 0 Å². The second-order valence-corrected chi connectivity index (χ2v) is 5.22. The van der Waals surface area contributed by atoms with E-state index in [1.807, 2.05) is 17.0 Å². The molecule has 5 nitrogen and oxygen atoms in total. The molecule has 1 saturated carbocycles. The van der Waals surface area contributed by atoms with E-state index in [1.165, 1.54) is 19.3 Å². The first-order chi connectivity index (χ1) is 9.31. The van der Waals surface area contributed by atoms with Crippen LogP contribution >= 0.6 is 0 Å². The highest BCUT2D eigenvalue weighted by Gasteiger charge is 2.20. The summed E-state index contributed by atoms with van der Waals surface area (Å²) in [6, 6.07) is 0.720. The number of aromatic nitrogens is 3. The summed E-state index contributed by atoms with van der Waals surface area (Å²) in [4.78, 5) is 2.39. The lowest BCUT2D eigenvalue weighted by molar-refractivity contribution is 0.283. The van der Waals surface area contributed by atoms with Crippen molar-refractivity contribution in [3.05, 3.63) is 24.5 Å². The molecule has 1 aliphatic carbocycles. The third kappa shape index (κ3) is 5.12. The summed E-state index contributed by atoms with van der Waals surface area (Å²) >= 11 is 0. The minimum atomic E-state index is 0.720. The summed E-state index contributed by atoms with van der Waals surface area (Å²) in [5.41, 5.74) is 1.04. The Morgan fingerprint density at radius 1 is 1.53 bits per heavy atom. The van der Waals surface area contributed by atoms with E-state index in [0.717, 1.165) is 44.5 Å². The van der Waals surface area contributed by atoms with Crippen molar-refractivity contribution in [1.29, 1.82) is 0 Å². The van der Waals surface area contributed by atoms with Crippen LogP contribution in [0.25, 0.3) is 0 Å². The molecule has 1 aromatic rings. The maximum atomic E-state index is 4.20. The van der Waals surface area contributed by atoms with Crippen molar-refractivity contribution in [2.24, 2.45) is 0 Å². The summed E-state index contributed by atoms with van der Waals surface area (Å²) in [7, 11) is 0. The molecular weight excluding hydrogens is 238 g/mol. The summed E-state index contributed by atoms with van der Waals surface area (Å²) in [6.07, 6.45) is 7.79. The highest BCUT2D eigenvalue weighted by Crippen LogP contribution is 2.18. The largest absolute Gasteiger partial charge is 0.308 e. The van der Waals surface area contributed by atoms with Gasteiger partial charge in [-0.1, -0.05) is 18.2 Å². The van der Waals surface area contributed by atoms with Gasteiger partial charge in [0, 0.05) is 31.9 Å². The van der Waals surface area contributed by atoms with Crippen molar-refractivity contribution in [3.8, 4) is 0 Å². The average Bonchev–Trinajstić information content (AvgIpc) is 3.13. The number of nitrogens with zero attached hydrogens (tertiary/aromatic N) is 4. The van der Waals surface area contributed by atoms with Gasteiger partial charge in [0.15, 0.2) is 0 Å². The van der Waals surface area contributed by atoms with Gasteiger partial charge in [-0.15, -0.1) is 11.7 Å². The zero-order chi connectivity index (χ0) is 13.5. The van der Waals surface area contributed by atoms with Gasteiger partial charge >= 0.3 is 0 Å². The molecule has 0 spiro atoms.